The van der Waals surface area contributed by atoms with Crippen molar-refractivity contribution < 1.29 is 24.2 Å². The molecule has 2 amide bonds. The van der Waals surface area contributed by atoms with Crippen LogP contribution < -0.4 is 5.32 Å². The van der Waals surface area contributed by atoms with Gasteiger partial charge >= 0.3 is 12.1 Å². The van der Waals surface area contributed by atoms with Gasteiger partial charge in [-0.3, -0.25) is 9.69 Å². The van der Waals surface area contributed by atoms with Crippen molar-refractivity contribution in [3.05, 3.63) is 11.3 Å². The lowest BCUT2D eigenvalue weighted by Crippen LogP contribution is -2.70. The Morgan fingerprint density at radius 2 is 2.14 bits per heavy atom. The number of carboxylic acid groups (broad SMARTS) is 1. The highest BCUT2D eigenvalue weighted by Gasteiger charge is 2.54. The molecule has 0 saturated carbocycles. The fourth-order valence-corrected chi connectivity index (χ4v) is 3.90. The zero-order valence-electron chi connectivity index (χ0n) is 12.4. The van der Waals surface area contributed by atoms with Gasteiger partial charge in [0.15, 0.2) is 0 Å². The second kappa shape index (κ2) is 6.00. The lowest BCUT2D eigenvalue weighted by atomic mass is 10.0. The minimum atomic E-state index is -1.19. The summed E-state index contributed by atoms with van der Waals surface area (Å²) in [6.45, 7) is 5.15. The number of ether oxygens (including phenoxy) is 1. The molecule has 0 aromatic carbocycles. The normalized spacial score (nSPS) is 24.5. The number of alkyl halides is 1. The van der Waals surface area contributed by atoms with E-state index in [0.29, 0.717) is 11.3 Å². The van der Waals surface area contributed by atoms with Gasteiger partial charge in [-0.05, 0) is 26.3 Å². The van der Waals surface area contributed by atoms with Crippen molar-refractivity contribution in [1.82, 2.24) is 10.2 Å². The second-order valence-corrected chi connectivity index (χ2v) is 7.30. The number of hydrogen-bond acceptors (Lipinski definition) is 5. The number of alkyl carbamates (subject to hydrolysis) is 1. The van der Waals surface area contributed by atoms with Gasteiger partial charge in [-0.2, -0.15) is 0 Å². The molecule has 9 heteroatoms. The molecular formula is C13H17ClN2O5S. The van der Waals surface area contributed by atoms with Gasteiger partial charge < -0.3 is 15.2 Å². The highest BCUT2D eigenvalue weighted by atomic mass is 35.5. The zero-order valence-corrected chi connectivity index (χ0v) is 14.0. The molecule has 122 valence electrons. The van der Waals surface area contributed by atoms with Crippen LogP contribution in [0.2, 0.25) is 0 Å². The molecule has 2 rings (SSSR count). The first-order chi connectivity index (χ1) is 10.2. The van der Waals surface area contributed by atoms with Gasteiger partial charge in [-0.25, -0.2) is 9.59 Å². The van der Waals surface area contributed by atoms with Gasteiger partial charge in [0.25, 0.3) is 5.91 Å². The van der Waals surface area contributed by atoms with Crippen LogP contribution in [0.25, 0.3) is 0 Å². The summed E-state index contributed by atoms with van der Waals surface area (Å²) < 4.78 is 5.11. The van der Waals surface area contributed by atoms with Crippen molar-refractivity contribution in [3.8, 4) is 0 Å². The van der Waals surface area contributed by atoms with E-state index in [-0.39, 0.29) is 11.6 Å². The van der Waals surface area contributed by atoms with Gasteiger partial charge in [-0.1, -0.05) is 0 Å². The summed E-state index contributed by atoms with van der Waals surface area (Å²) in [7, 11) is 0. The van der Waals surface area contributed by atoms with Crippen molar-refractivity contribution in [2.75, 3.05) is 11.6 Å². The van der Waals surface area contributed by atoms with Crippen LogP contribution in [0, 0.1) is 0 Å². The predicted octanol–water partition coefficient (Wildman–Crippen LogP) is 1.37. The van der Waals surface area contributed by atoms with E-state index in [1.807, 2.05) is 0 Å². The molecule has 2 heterocycles. The van der Waals surface area contributed by atoms with Crippen molar-refractivity contribution in [1.29, 1.82) is 0 Å². The number of rotatable bonds is 3. The summed E-state index contributed by atoms with van der Waals surface area (Å²) >= 11 is 7.10. The van der Waals surface area contributed by atoms with Gasteiger partial charge in [0.2, 0.25) is 0 Å². The smallest absolute Gasteiger partial charge is 0.408 e. The Balaban J connectivity index is 2.10. The zero-order chi connectivity index (χ0) is 16.7. The monoisotopic (exact) mass is 348 g/mol. The summed E-state index contributed by atoms with van der Waals surface area (Å²) in [4.78, 5) is 36.5. The largest absolute Gasteiger partial charge is 0.477 e. The first-order valence-corrected chi connectivity index (χ1v) is 8.19. The average Bonchev–Trinajstić information content (AvgIpc) is 2.40. The molecule has 0 aliphatic carbocycles. The Kier molecular flexibility index (Phi) is 4.62. The maximum atomic E-state index is 12.2. The average molecular weight is 349 g/mol. The Labute approximate surface area is 137 Å². The van der Waals surface area contributed by atoms with Crippen LogP contribution in [-0.2, 0) is 14.3 Å². The number of halogens is 1. The van der Waals surface area contributed by atoms with Crippen LogP contribution >= 0.6 is 23.4 Å². The minimum absolute atomic E-state index is 0.0509. The molecule has 22 heavy (non-hydrogen) atoms. The van der Waals surface area contributed by atoms with Gasteiger partial charge in [0, 0.05) is 11.6 Å². The predicted molar refractivity (Wildman–Crippen MR) is 81.6 cm³/mol. The van der Waals surface area contributed by atoms with Crippen LogP contribution in [0.4, 0.5) is 4.79 Å². The lowest BCUT2D eigenvalue weighted by Gasteiger charge is -2.49. The SMILES string of the molecule is CC(C)(C)OC(=O)N[C@@H]1C(=O)N2C(C(=O)O)=C(CCl)CS[C@@H]12. The molecule has 0 radical (unpaired) electrons. The van der Waals surface area contributed by atoms with Gasteiger partial charge in [0.05, 0.1) is 0 Å². The summed E-state index contributed by atoms with van der Waals surface area (Å²) in [5.74, 6) is -1.20. The number of nitrogens with zero attached hydrogens (tertiary/aromatic N) is 1. The van der Waals surface area contributed by atoms with E-state index in [1.54, 1.807) is 20.8 Å². The quantitative estimate of drug-likeness (QED) is 0.590. The van der Waals surface area contributed by atoms with E-state index in [2.05, 4.69) is 5.32 Å². The second-order valence-electron chi connectivity index (χ2n) is 5.92. The van der Waals surface area contributed by atoms with E-state index >= 15 is 0 Å². The number of amides is 2. The minimum Gasteiger partial charge on any atom is -0.477 e. The maximum absolute atomic E-state index is 12.2. The Morgan fingerprint density at radius 3 is 2.64 bits per heavy atom. The molecule has 0 aromatic rings. The van der Waals surface area contributed by atoms with Crippen molar-refractivity contribution in [2.24, 2.45) is 0 Å². The fraction of sp³-hybridized carbons (Fsp3) is 0.615. The van der Waals surface area contributed by atoms with Crippen LogP contribution in [0.15, 0.2) is 11.3 Å². The molecule has 1 saturated heterocycles. The summed E-state index contributed by atoms with van der Waals surface area (Å²) in [5.41, 5.74) is -0.251. The van der Waals surface area contributed by atoms with Crippen LogP contribution in [0.5, 0.6) is 0 Å². The van der Waals surface area contributed by atoms with E-state index in [0.717, 1.165) is 0 Å². The van der Waals surface area contributed by atoms with E-state index in [4.69, 9.17) is 16.3 Å². The molecular weight excluding hydrogens is 332 g/mol. The van der Waals surface area contributed by atoms with E-state index in [9.17, 15) is 19.5 Å². The number of β-lactam (4-membered cyclic amide) rings is 1. The number of carbonyl (C=O) groups is 3. The topological polar surface area (TPSA) is 95.9 Å². The van der Waals surface area contributed by atoms with Crippen molar-refractivity contribution in [3.63, 3.8) is 0 Å². The lowest BCUT2D eigenvalue weighted by molar-refractivity contribution is -0.149. The first kappa shape index (κ1) is 17.0. The van der Waals surface area contributed by atoms with Gasteiger partial charge in [0.1, 0.15) is 22.7 Å². The Morgan fingerprint density at radius 1 is 1.50 bits per heavy atom. The fourth-order valence-electron chi connectivity index (χ4n) is 2.22. The standard InChI is InChI=1S/C13H17ClN2O5S/c1-13(2,3)21-12(20)15-7-9(17)16-8(11(18)19)6(4-14)5-22-10(7)16/h7,10H,4-5H2,1-3H3,(H,15,20)(H,18,19)/t7-,10+/m1/s1. The molecule has 2 aliphatic rings. The van der Waals surface area contributed by atoms with Gasteiger partial charge in [-0.15, -0.1) is 23.4 Å². The first-order valence-electron chi connectivity index (χ1n) is 6.61. The van der Waals surface area contributed by atoms with E-state index in [1.165, 1.54) is 16.7 Å². The maximum Gasteiger partial charge on any atom is 0.408 e. The van der Waals surface area contributed by atoms with Crippen molar-refractivity contribution >= 4 is 41.3 Å². The highest BCUT2D eigenvalue weighted by molar-refractivity contribution is 8.00. The Bertz CT molecular complexity index is 557. The summed E-state index contributed by atoms with van der Waals surface area (Å²) in [6, 6.07) is -0.786. The molecule has 2 aliphatic heterocycles. The number of nitrogens with one attached hydrogen (secondary N) is 1. The Hall–Kier alpha value is -1.41. The molecule has 2 atom stereocenters. The molecule has 0 spiro atoms. The summed E-state index contributed by atoms with van der Waals surface area (Å²) in [6.07, 6.45) is -0.699. The third-order valence-corrected chi connectivity index (χ3v) is 4.75. The van der Waals surface area contributed by atoms with Crippen LogP contribution in [0.3, 0.4) is 0 Å². The van der Waals surface area contributed by atoms with Crippen LogP contribution in [0.1, 0.15) is 20.8 Å². The molecule has 7 nitrogen and oxygen atoms in total. The number of fused-ring (bicyclic) bond motifs is 1. The molecule has 0 bridgehead atoms. The van der Waals surface area contributed by atoms with Crippen molar-refractivity contribution in [2.45, 2.75) is 37.8 Å². The molecule has 0 aromatic heterocycles. The molecule has 2 N–H and O–H groups in total. The van der Waals surface area contributed by atoms with E-state index < -0.39 is 35.0 Å². The molecule has 0 unspecified atom stereocenters. The van der Waals surface area contributed by atoms with Crippen LogP contribution in [-0.4, -0.2) is 56.6 Å². The number of carboxylic acids is 1. The summed E-state index contributed by atoms with van der Waals surface area (Å²) in [5, 5.41) is 11.3. The number of thioether (sulfide) groups is 1. The number of hydrogen-bond donors (Lipinski definition) is 2. The third-order valence-electron chi connectivity index (χ3n) is 3.08. The third kappa shape index (κ3) is 3.17. The number of carbonyl (C=O) groups excluding carboxylic acids is 2. The highest BCUT2D eigenvalue weighted by Crippen LogP contribution is 2.40. The molecule has 1 fully saturated rings. The number of aliphatic carboxylic acids is 1.